The summed E-state index contributed by atoms with van der Waals surface area (Å²) >= 11 is 6.75. The van der Waals surface area contributed by atoms with Crippen LogP contribution in [-0.2, 0) is 11.3 Å². The van der Waals surface area contributed by atoms with Crippen LogP contribution in [0.3, 0.4) is 0 Å². The second-order valence-electron chi connectivity index (χ2n) is 5.43. The van der Waals surface area contributed by atoms with Crippen LogP contribution in [-0.4, -0.2) is 28.3 Å². The molecule has 2 amide bonds. The number of aromatic hydroxyl groups is 1. The predicted molar refractivity (Wildman–Crippen MR) is 97.6 cm³/mol. The van der Waals surface area contributed by atoms with Crippen molar-refractivity contribution < 1.29 is 23.8 Å². The van der Waals surface area contributed by atoms with Crippen LogP contribution in [0.4, 0.5) is 9.18 Å². The van der Waals surface area contributed by atoms with E-state index in [-0.39, 0.29) is 22.2 Å². The summed E-state index contributed by atoms with van der Waals surface area (Å²) in [5.74, 6) is -0.734. The van der Waals surface area contributed by atoms with Gasteiger partial charge in [-0.15, -0.1) is 0 Å². The minimum absolute atomic E-state index is 0.0466. The molecule has 0 radical (unpaired) electrons. The number of amides is 2. The van der Waals surface area contributed by atoms with Gasteiger partial charge in [0.25, 0.3) is 11.1 Å². The van der Waals surface area contributed by atoms with E-state index in [0.29, 0.717) is 16.9 Å². The normalized spacial score (nSPS) is 15.8. The molecule has 1 aliphatic heterocycles. The number of hydrogen-bond acceptors (Lipinski definition) is 5. The fraction of sp³-hybridized carbons (Fsp3) is 0.111. The van der Waals surface area contributed by atoms with Gasteiger partial charge in [-0.25, -0.2) is 4.39 Å². The number of imide groups is 1. The van der Waals surface area contributed by atoms with E-state index in [1.54, 1.807) is 12.1 Å². The Bertz CT molecular complexity index is 931. The van der Waals surface area contributed by atoms with E-state index in [0.717, 1.165) is 22.7 Å². The lowest BCUT2D eigenvalue weighted by Gasteiger charge is -2.13. The molecule has 5 nitrogen and oxygen atoms in total. The highest BCUT2D eigenvalue weighted by atomic mass is 35.5. The molecule has 1 N–H and O–H groups in total. The van der Waals surface area contributed by atoms with E-state index < -0.39 is 17.0 Å². The van der Waals surface area contributed by atoms with Crippen LogP contribution in [0.5, 0.6) is 11.5 Å². The van der Waals surface area contributed by atoms with Gasteiger partial charge in [-0.05, 0) is 53.2 Å². The number of methoxy groups -OCH3 is 1. The van der Waals surface area contributed by atoms with Crippen molar-refractivity contribution in [1.82, 2.24) is 4.90 Å². The summed E-state index contributed by atoms with van der Waals surface area (Å²) in [4.78, 5) is 26.0. The van der Waals surface area contributed by atoms with Gasteiger partial charge in [0.2, 0.25) is 0 Å². The van der Waals surface area contributed by atoms with Gasteiger partial charge in [-0.1, -0.05) is 23.7 Å². The van der Waals surface area contributed by atoms with E-state index in [4.69, 9.17) is 16.3 Å². The van der Waals surface area contributed by atoms with Crippen LogP contribution >= 0.6 is 23.4 Å². The number of benzene rings is 2. The smallest absolute Gasteiger partial charge is 0.293 e. The maximum absolute atomic E-state index is 13.1. The highest BCUT2D eigenvalue weighted by molar-refractivity contribution is 8.18. The Morgan fingerprint density at radius 3 is 2.69 bits per heavy atom. The number of carbonyl (C=O) groups is 2. The van der Waals surface area contributed by atoms with E-state index in [2.05, 4.69) is 0 Å². The van der Waals surface area contributed by atoms with Crippen molar-refractivity contribution in [3.05, 3.63) is 63.3 Å². The van der Waals surface area contributed by atoms with Crippen LogP contribution in [0.25, 0.3) is 6.08 Å². The lowest BCUT2D eigenvalue weighted by Crippen LogP contribution is -2.27. The number of nitrogens with zero attached hydrogens (tertiary/aromatic N) is 1. The number of ether oxygens (including phenoxy) is 1. The molecule has 2 aromatic carbocycles. The summed E-state index contributed by atoms with van der Waals surface area (Å²) in [6.45, 7) is -0.0466. The molecule has 1 aliphatic rings. The van der Waals surface area contributed by atoms with Crippen LogP contribution in [0.15, 0.2) is 41.3 Å². The third-order valence-corrected chi connectivity index (χ3v) is 4.98. The third kappa shape index (κ3) is 3.68. The van der Waals surface area contributed by atoms with E-state index in [1.165, 1.54) is 31.4 Å². The summed E-state index contributed by atoms with van der Waals surface area (Å²) < 4.78 is 18.1. The van der Waals surface area contributed by atoms with Gasteiger partial charge in [0.1, 0.15) is 5.82 Å². The molecule has 0 spiro atoms. The maximum Gasteiger partial charge on any atom is 0.293 e. The summed E-state index contributed by atoms with van der Waals surface area (Å²) in [7, 11) is 1.43. The molecule has 2 aromatic rings. The van der Waals surface area contributed by atoms with Crippen LogP contribution in [0.2, 0.25) is 5.02 Å². The molecule has 26 heavy (non-hydrogen) atoms. The first-order valence-corrected chi connectivity index (χ1v) is 8.65. The van der Waals surface area contributed by atoms with Crippen LogP contribution in [0, 0.1) is 5.82 Å². The van der Waals surface area contributed by atoms with Crippen molar-refractivity contribution in [2.75, 3.05) is 7.11 Å². The molecule has 0 atom stereocenters. The van der Waals surface area contributed by atoms with Gasteiger partial charge < -0.3 is 9.84 Å². The topological polar surface area (TPSA) is 66.8 Å². The van der Waals surface area contributed by atoms with E-state index >= 15 is 0 Å². The predicted octanol–water partition coefficient (Wildman–Crippen LogP) is 4.43. The molecule has 0 saturated carbocycles. The van der Waals surface area contributed by atoms with E-state index in [1.807, 2.05) is 0 Å². The monoisotopic (exact) mass is 393 g/mol. The molecule has 1 saturated heterocycles. The quantitative estimate of drug-likeness (QED) is 0.778. The van der Waals surface area contributed by atoms with Gasteiger partial charge in [0, 0.05) is 5.02 Å². The van der Waals surface area contributed by atoms with Gasteiger partial charge in [-0.3, -0.25) is 14.5 Å². The van der Waals surface area contributed by atoms with Crippen LogP contribution < -0.4 is 4.74 Å². The zero-order valence-corrected chi connectivity index (χ0v) is 15.1. The largest absolute Gasteiger partial charge is 0.504 e. The zero-order valence-electron chi connectivity index (χ0n) is 13.5. The average Bonchev–Trinajstić information content (AvgIpc) is 2.84. The molecule has 1 fully saturated rings. The third-order valence-electron chi connectivity index (χ3n) is 3.72. The molecule has 0 aliphatic carbocycles. The summed E-state index contributed by atoms with van der Waals surface area (Å²) in [6, 6.07) is 8.44. The van der Waals surface area contributed by atoms with Crippen molar-refractivity contribution in [2.24, 2.45) is 0 Å². The Kier molecular flexibility index (Phi) is 5.20. The van der Waals surface area contributed by atoms with Gasteiger partial charge >= 0.3 is 0 Å². The Hall–Kier alpha value is -2.51. The number of hydrogen-bond donors (Lipinski definition) is 1. The number of carbonyl (C=O) groups excluding carboxylic acids is 2. The van der Waals surface area contributed by atoms with Crippen molar-refractivity contribution in [1.29, 1.82) is 0 Å². The highest BCUT2D eigenvalue weighted by Crippen LogP contribution is 2.35. The minimum Gasteiger partial charge on any atom is -0.504 e. The fourth-order valence-electron chi connectivity index (χ4n) is 2.40. The second kappa shape index (κ2) is 7.39. The highest BCUT2D eigenvalue weighted by Gasteiger charge is 2.35. The summed E-state index contributed by atoms with van der Waals surface area (Å²) in [5, 5.41) is 9.52. The van der Waals surface area contributed by atoms with Crippen LogP contribution in [0.1, 0.15) is 11.1 Å². The fourth-order valence-corrected chi connectivity index (χ4v) is 3.47. The lowest BCUT2D eigenvalue weighted by atomic mass is 10.1. The first-order chi connectivity index (χ1) is 12.4. The van der Waals surface area contributed by atoms with Crippen molar-refractivity contribution in [3.63, 3.8) is 0 Å². The number of phenolic OH excluding ortho intramolecular Hbond substituents is 1. The maximum atomic E-state index is 13.1. The van der Waals surface area contributed by atoms with Gasteiger partial charge in [0.15, 0.2) is 11.5 Å². The first kappa shape index (κ1) is 18.3. The number of halogens is 2. The second-order valence-corrected chi connectivity index (χ2v) is 6.84. The minimum atomic E-state index is -0.493. The molecule has 3 rings (SSSR count). The Balaban J connectivity index is 1.83. The number of rotatable bonds is 4. The SMILES string of the molecule is COc1ccc(C=C2SC(=O)N(Cc3ccc(F)cc3Cl)C2=O)cc1O. The molecule has 134 valence electrons. The average molecular weight is 394 g/mol. The lowest BCUT2D eigenvalue weighted by molar-refractivity contribution is -0.123. The molecule has 8 heteroatoms. The Morgan fingerprint density at radius 1 is 1.27 bits per heavy atom. The van der Waals surface area contributed by atoms with Gasteiger partial charge in [0.05, 0.1) is 18.6 Å². The molecule has 0 aromatic heterocycles. The molecular weight excluding hydrogens is 381 g/mol. The molecular formula is C18H13ClFNO4S. The molecule has 1 heterocycles. The Labute approximate surface area is 158 Å². The van der Waals surface area contributed by atoms with Gasteiger partial charge in [-0.2, -0.15) is 0 Å². The zero-order chi connectivity index (χ0) is 18.8. The summed E-state index contributed by atoms with van der Waals surface area (Å²) in [5.41, 5.74) is 1.02. The Morgan fingerprint density at radius 2 is 2.04 bits per heavy atom. The molecule has 0 bridgehead atoms. The summed E-state index contributed by atoms with van der Waals surface area (Å²) in [6.07, 6.45) is 1.51. The number of thioether (sulfide) groups is 1. The van der Waals surface area contributed by atoms with Crippen molar-refractivity contribution in [2.45, 2.75) is 6.54 Å². The standard InChI is InChI=1S/C18H13ClFNO4S/c1-25-15-5-2-10(6-14(15)22)7-16-17(23)21(18(24)26-16)9-11-3-4-12(20)8-13(11)19/h2-8,22H,9H2,1H3. The van der Waals surface area contributed by atoms with Crippen molar-refractivity contribution in [3.8, 4) is 11.5 Å². The first-order valence-electron chi connectivity index (χ1n) is 7.45. The number of phenols is 1. The molecule has 0 unspecified atom stereocenters. The van der Waals surface area contributed by atoms with E-state index in [9.17, 15) is 19.1 Å². The van der Waals surface area contributed by atoms with Crippen molar-refractivity contribution >= 4 is 40.6 Å².